The van der Waals surface area contributed by atoms with Crippen LogP contribution in [-0.4, -0.2) is 26.5 Å². The van der Waals surface area contributed by atoms with Crippen LogP contribution in [0.4, 0.5) is 0 Å². The third-order valence-corrected chi connectivity index (χ3v) is 3.91. The fourth-order valence-electron chi connectivity index (χ4n) is 1.44. The van der Waals surface area contributed by atoms with E-state index >= 15 is 0 Å². The van der Waals surface area contributed by atoms with E-state index in [0.29, 0.717) is 5.56 Å². The van der Waals surface area contributed by atoms with Crippen molar-refractivity contribution >= 4 is 15.6 Å². The van der Waals surface area contributed by atoms with Crippen molar-refractivity contribution in [2.45, 2.75) is 31.7 Å². The molecular weight excluding hydrogens is 250 g/mol. The van der Waals surface area contributed by atoms with Gasteiger partial charge in [0, 0.05) is 11.8 Å². The molecule has 0 aliphatic rings. The number of carbonyl (C=O) groups is 1. The second-order valence-corrected chi connectivity index (χ2v) is 7.52. The monoisotopic (exact) mass is 269 g/mol. The van der Waals surface area contributed by atoms with Gasteiger partial charge in [0.1, 0.15) is 0 Å². The van der Waals surface area contributed by atoms with Crippen LogP contribution in [0.5, 0.6) is 0 Å². The summed E-state index contributed by atoms with van der Waals surface area (Å²) < 4.78 is 22.6. The first kappa shape index (κ1) is 14.9. The van der Waals surface area contributed by atoms with Crippen molar-refractivity contribution in [1.82, 2.24) is 0 Å². The zero-order chi connectivity index (χ0) is 14.1. The topological polar surface area (TPSA) is 77.2 Å². The lowest BCUT2D eigenvalue weighted by Gasteiger charge is -2.25. The fraction of sp³-hybridized carbons (Fsp3) is 0.462. The number of Topliss-reactive ketones (excluding diaryl/α,β-unsaturated/α-hetero) is 1. The second-order valence-electron chi connectivity index (χ2n) is 5.50. The minimum absolute atomic E-state index is 0.178. The quantitative estimate of drug-likeness (QED) is 0.846. The summed E-state index contributed by atoms with van der Waals surface area (Å²) >= 11 is 0. The van der Waals surface area contributed by atoms with Crippen molar-refractivity contribution in [1.29, 1.82) is 0 Å². The lowest BCUT2D eigenvalue weighted by atomic mass is 9.83. The summed E-state index contributed by atoms with van der Waals surface area (Å²) in [5, 5.41) is 0. The highest BCUT2D eigenvalue weighted by molar-refractivity contribution is 7.90. The van der Waals surface area contributed by atoms with Crippen LogP contribution in [0.15, 0.2) is 29.2 Å². The summed E-state index contributed by atoms with van der Waals surface area (Å²) in [6, 6.07) is 5.26. The maximum Gasteiger partial charge on any atom is 0.180 e. The van der Waals surface area contributed by atoms with Crippen molar-refractivity contribution < 1.29 is 13.2 Å². The summed E-state index contributed by atoms with van der Waals surface area (Å²) in [5.74, 6) is -0.178. The lowest BCUT2D eigenvalue weighted by Crippen LogP contribution is -2.42. The normalized spacial score (nSPS) is 14.3. The molecule has 0 aromatic heterocycles. The molecule has 0 aliphatic carbocycles. The molecule has 0 amide bonds. The van der Waals surface area contributed by atoms with Gasteiger partial charge in [0.05, 0.1) is 10.9 Å². The first-order valence-corrected chi connectivity index (χ1v) is 7.52. The van der Waals surface area contributed by atoms with Gasteiger partial charge in [-0.05, 0) is 17.5 Å². The molecule has 2 N–H and O–H groups in total. The number of nitrogens with two attached hydrogens (primary N) is 1. The first-order chi connectivity index (χ1) is 8.03. The summed E-state index contributed by atoms with van der Waals surface area (Å²) in [7, 11) is -3.24. The molecule has 4 nitrogen and oxygen atoms in total. The molecule has 0 saturated carbocycles. The smallest absolute Gasteiger partial charge is 0.180 e. The van der Waals surface area contributed by atoms with E-state index < -0.39 is 15.9 Å². The number of sulfone groups is 1. The van der Waals surface area contributed by atoms with E-state index in [2.05, 4.69) is 0 Å². The van der Waals surface area contributed by atoms with E-state index in [1.54, 1.807) is 0 Å². The molecule has 5 heteroatoms. The van der Waals surface area contributed by atoms with Gasteiger partial charge in [0.15, 0.2) is 15.6 Å². The Morgan fingerprint density at radius 1 is 1.17 bits per heavy atom. The highest BCUT2D eigenvalue weighted by atomic mass is 32.2. The number of ketones is 1. The van der Waals surface area contributed by atoms with Gasteiger partial charge in [-0.1, -0.05) is 32.9 Å². The Balaban J connectivity index is 3.04. The van der Waals surface area contributed by atoms with Gasteiger partial charge in [-0.2, -0.15) is 0 Å². The molecule has 0 spiro atoms. The molecule has 0 saturated heterocycles. The third-order valence-electron chi connectivity index (χ3n) is 2.78. The van der Waals surface area contributed by atoms with Gasteiger partial charge >= 0.3 is 0 Å². The summed E-state index contributed by atoms with van der Waals surface area (Å²) in [6.45, 7) is 5.67. The average Bonchev–Trinajstić information content (AvgIpc) is 2.25. The molecule has 1 aromatic rings. The maximum atomic E-state index is 12.1. The van der Waals surface area contributed by atoms with Gasteiger partial charge in [-0.3, -0.25) is 4.79 Å². The Kier molecular flexibility index (Phi) is 3.98. The molecule has 1 unspecified atom stereocenters. The fourth-order valence-corrected chi connectivity index (χ4v) is 2.07. The summed E-state index contributed by atoms with van der Waals surface area (Å²) in [6.07, 6.45) is 1.13. The van der Waals surface area contributed by atoms with Crippen LogP contribution >= 0.6 is 0 Å². The van der Waals surface area contributed by atoms with Crippen molar-refractivity contribution in [3.05, 3.63) is 29.8 Å². The number of hydrogen-bond donors (Lipinski definition) is 1. The Morgan fingerprint density at radius 2 is 1.61 bits per heavy atom. The van der Waals surface area contributed by atoms with Gasteiger partial charge in [0.2, 0.25) is 0 Å². The standard InChI is InChI=1S/C13H19NO3S/c1-13(2,3)12(14)11(15)9-5-7-10(8-6-9)18(4,16)17/h5-8,12H,14H2,1-4H3. The van der Waals surface area contributed by atoms with Crippen LogP contribution in [0.25, 0.3) is 0 Å². The van der Waals surface area contributed by atoms with Crippen LogP contribution in [-0.2, 0) is 9.84 Å². The van der Waals surface area contributed by atoms with Crippen LogP contribution in [0, 0.1) is 5.41 Å². The summed E-state index contributed by atoms with van der Waals surface area (Å²) in [5.41, 5.74) is 5.99. The molecule has 1 aromatic carbocycles. The van der Waals surface area contributed by atoms with E-state index in [4.69, 9.17) is 5.73 Å². The molecule has 0 fully saturated rings. The van der Waals surface area contributed by atoms with Gasteiger partial charge in [-0.15, -0.1) is 0 Å². The zero-order valence-electron chi connectivity index (χ0n) is 11.1. The number of rotatable bonds is 3. The molecule has 0 heterocycles. The van der Waals surface area contributed by atoms with Crippen LogP contribution in [0.2, 0.25) is 0 Å². The van der Waals surface area contributed by atoms with E-state index in [1.807, 2.05) is 20.8 Å². The largest absolute Gasteiger partial charge is 0.321 e. The van der Waals surface area contributed by atoms with Crippen LogP contribution in [0.1, 0.15) is 31.1 Å². The predicted molar refractivity (Wildman–Crippen MR) is 71.3 cm³/mol. The second kappa shape index (κ2) is 4.82. The molecule has 0 radical (unpaired) electrons. The minimum atomic E-state index is -3.24. The Morgan fingerprint density at radius 3 is 1.94 bits per heavy atom. The molecule has 1 atom stereocenters. The first-order valence-electron chi connectivity index (χ1n) is 5.63. The summed E-state index contributed by atoms with van der Waals surface area (Å²) in [4.78, 5) is 12.3. The third kappa shape index (κ3) is 3.40. The van der Waals surface area contributed by atoms with Crippen molar-refractivity contribution in [2.75, 3.05) is 6.26 Å². The molecular formula is C13H19NO3S. The van der Waals surface area contributed by atoms with Crippen molar-refractivity contribution in [2.24, 2.45) is 11.1 Å². The number of hydrogen-bond acceptors (Lipinski definition) is 4. The van der Waals surface area contributed by atoms with Gasteiger partial charge in [0.25, 0.3) is 0 Å². The highest BCUT2D eigenvalue weighted by Gasteiger charge is 2.28. The van der Waals surface area contributed by atoms with Crippen LogP contribution in [0.3, 0.4) is 0 Å². The van der Waals surface area contributed by atoms with Gasteiger partial charge in [-0.25, -0.2) is 8.42 Å². The number of benzene rings is 1. The van der Waals surface area contributed by atoms with Crippen molar-refractivity contribution in [3.63, 3.8) is 0 Å². The predicted octanol–water partition coefficient (Wildman–Crippen LogP) is 1.65. The minimum Gasteiger partial charge on any atom is -0.321 e. The Hall–Kier alpha value is -1.20. The zero-order valence-corrected chi connectivity index (χ0v) is 11.9. The SMILES string of the molecule is CC(C)(C)C(N)C(=O)c1ccc(S(C)(=O)=O)cc1. The van der Waals surface area contributed by atoms with E-state index in [-0.39, 0.29) is 16.1 Å². The Bertz CT molecular complexity index is 539. The van der Waals surface area contributed by atoms with Crippen molar-refractivity contribution in [3.8, 4) is 0 Å². The highest BCUT2D eigenvalue weighted by Crippen LogP contribution is 2.21. The molecule has 1 rings (SSSR count). The van der Waals surface area contributed by atoms with E-state index in [1.165, 1.54) is 24.3 Å². The molecule has 0 bridgehead atoms. The maximum absolute atomic E-state index is 12.1. The molecule has 18 heavy (non-hydrogen) atoms. The molecule has 100 valence electrons. The Labute approximate surface area is 108 Å². The average molecular weight is 269 g/mol. The van der Waals surface area contributed by atoms with E-state index in [0.717, 1.165) is 6.26 Å². The number of carbonyl (C=O) groups excluding carboxylic acids is 1. The van der Waals surface area contributed by atoms with E-state index in [9.17, 15) is 13.2 Å². The van der Waals surface area contributed by atoms with Crippen LogP contribution < -0.4 is 5.73 Å². The lowest BCUT2D eigenvalue weighted by molar-refractivity contribution is 0.0901. The molecule has 0 aliphatic heterocycles. The van der Waals surface area contributed by atoms with Gasteiger partial charge < -0.3 is 5.73 Å².